The molecule has 1 fully saturated rings. The molecule has 2 N–H and O–H groups in total. The highest BCUT2D eigenvalue weighted by Gasteiger charge is 2.25. The van der Waals surface area contributed by atoms with Crippen LogP contribution in [0.25, 0.3) is 0 Å². The molecule has 0 bridgehead atoms. The molecule has 140 valence electrons. The summed E-state index contributed by atoms with van der Waals surface area (Å²) in [6.07, 6.45) is 3.23. The fraction of sp³-hybridized carbons (Fsp3) is 0.611. The zero-order valence-corrected chi connectivity index (χ0v) is 15.6. The van der Waals surface area contributed by atoms with Crippen LogP contribution in [0.15, 0.2) is 30.3 Å². The highest BCUT2D eigenvalue weighted by Crippen LogP contribution is 2.15. The van der Waals surface area contributed by atoms with Crippen molar-refractivity contribution >= 4 is 15.9 Å². The van der Waals surface area contributed by atoms with Crippen molar-refractivity contribution in [2.75, 3.05) is 31.9 Å². The lowest BCUT2D eigenvalue weighted by atomic mass is 10.2. The first kappa shape index (κ1) is 19.9. The molecule has 1 aromatic carbocycles. The number of sulfonamides is 1. The summed E-state index contributed by atoms with van der Waals surface area (Å²) in [4.78, 5) is 14.3. The van der Waals surface area contributed by atoms with E-state index in [1.807, 2.05) is 30.3 Å². The quantitative estimate of drug-likeness (QED) is 0.680. The second-order valence-electron chi connectivity index (χ2n) is 6.47. The molecule has 7 heteroatoms. The summed E-state index contributed by atoms with van der Waals surface area (Å²) in [6, 6.07) is 9.81. The minimum absolute atomic E-state index is 0.00562. The van der Waals surface area contributed by atoms with Gasteiger partial charge in [-0.15, -0.1) is 0 Å². The Labute approximate surface area is 151 Å². The lowest BCUT2D eigenvalue weighted by Crippen LogP contribution is -2.34. The molecule has 6 nitrogen and oxygen atoms in total. The van der Waals surface area contributed by atoms with Crippen LogP contribution in [0.5, 0.6) is 0 Å². The number of hydrogen-bond donors (Lipinski definition) is 1. The zero-order valence-electron chi connectivity index (χ0n) is 14.8. The van der Waals surface area contributed by atoms with Gasteiger partial charge in [0.2, 0.25) is 15.9 Å². The fourth-order valence-electron chi connectivity index (χ4n) is 3.04. The predicted octanol–water partition coefficient (Wildman–Crippen LogP) is 1.57. The molecule has 1 aromatic rings. The molecule has 0 aromatic heterocycles. The van der Waals surface area contributed by atoms with E-state index in [-0.39, 0.29) is 18.1 Å². The molecule has 1 heterocycles. The maximum absolute atomic E-state index is 12.5. The van der Waals surface area contributed by atoms with Gasteiger partial charge in [-0.25, -0.2) is 12.7 Å². The average molecular weight is 368 g/mol. The summed E-state index contributed by atoms with van der Waals surface area (Å²) < 4.78 is 26.0. The maximum Gasteiger partial charge on any atom is 0.222 e. The molecule has 0 aliphatic carbocycles. The molecule has 1 saturated heterocycles. The molecule has 0 unspecified atom stereocenters. The zero-order chi connectivity index (χ0) is 18.1. The van der Waals surface area contributed by atoms with Crippen LogP contribution in [0.4, 0.5) is 0 Å². The van der Waals surface area contributed by atoms with Crippen LogP contribution in [-0.2, 0) is 21.4 Å². The second-order valence-corrected chi connectivity index (χ2v) is 8.56. The Balaban J connectivity index is 1.85. The van der Waals surface area contributed by atoms with Gasteiger partial charge in [0.05, 0.1) is 5.75 Å². The molecule has 0 saturated carbocycles. The first-order valence-electron chi connectivity index (χ1n) is 9.02. The number of benzene rings is 1. The van der Waals surface area contributed by atoms with E-state index in [1.165, 1.54) is 0 Å². The number of hydrogen-bond acceptors (Lipinski definition) is 4. The van der Waals surface area contributed by atoms with Crippen LogP contribution in [0.2, 0.25) is 0 Å². The van der Waals surface area contributed by atoms with Gasteiger partial charge in [-0.2, -0.15) is 0 Å². The summed E-state index contributed by atoms with van der Waals surface area (Å²) in [6.45, 7) is 2.91. The SMILES string of the molecule is NCCCN(Cc1ccccc1)C(=O)CCCS(=O)(=O)N1CCCC1. The van der Waals surface area contributed by atoms with Crippen molar-refractivity contribution in [2.45, 2.75) is 38.6 Å². The number of carbonyl (C=O) groups excluding carboxylic acids is 1. The normalized spacial score (nSPS) is 15.4. The number of nitrogens with zero attached hydrogens (tertiary/aromatic N) is 2. The molecule has 0 radical (unpaired) electrons. The van der Waals surface area contributed by atoms with Crippen LogP contribution < -0.4 is 5.73 Å². The summed E-state index contributed by atoms with van der Waals surface area (Å²) in [5, 5.41) is 0. The predicted molar refractivity (Wildman–Crippen MR) is 99.4 cm³/mol. The van der Waals surface area contributed by atoms with Crippen molar-refractivity contribution in [3.8, 4) is 0 Å². The van der Waals surface area contributed by atoms with Gasteiger partial charge >= 0.3 is 0 Å². The first-order chi connectivity index (χ1) is 12.0. The highest BCUT2D eigenvalue weighted by atomic mass is 32.2. The van der Waals surface area contributed by atoms with Crippen molar-refractivity contribution in [1.82, 2.24) is 9.21 Å². The largest absolute Gasteiger partial charge is 0.338 e. The Bertz CT molecular complexity index is 628. The smallest absolute Gasteiger partial charge is 0.222 e. The fourth-order valence-corrected chi connectivity index (χ4v) is 4.62. The highest BCUT2D eigenvalue weighted by molar-refractivity contribution is 7.89. The maximum atomic E-state index is 12.5. The molecule has 25 heavy (non-hydrogen) atoms. The van der Waals surface area contributed by atoms with Gasteiger partial charge in [-0.1, -0.05) is 30.3 Å². The second kappa shape index (κ2) is 9.89. The number of amides is 1. The average Bonchev–Trinajstić information content (AvgIpc) is 3.15. The van der Waals surface area contributed by atoms with E-state index < -0.39 is 10.0 Å². The Kier molecular flexibility index (Phi) is 7.87. The van der Waals surface area contributed by atoms with Crippen LogP contribution in [0, 0.1) is 0 Å². The summed E-state index contributed by atoms with van der Waals surface area (Å²) in [5.74, 6) is 0.0448. The van der Waals surface area contributed by atoms with E-state index in [1.54, 1.807) is 9.21 Å². The number of nitrogens with two attached hydrogens (primary N) is 1. The summed E-state index contributed by atoms with van der Waals surface area (Å²) in [7, 11) is -3.21. The molecule has 1 aliphatic rings. The topological polar surface area (TPSA) is 83.7 Å². The van der Waals surface area contributed by atoms with E-state index in [2.05, 4.69) is 0 Å². The molecular formula is C18H29N3O3S. The van der Waals surface area contributed by atoms with E-state index in [4.69, 9.17) is 5.73 Å². The van der Waals surface area contributed by atoms with Crippen LogP contribution >= 0.6 is 0 Å². The number of carbonyl (C=O) groups is 1. The third kappa shape index (κ3) is 6.41. The van der Waals surface area contributed by atoms with E-state index in [0.717, 1.165) is 24.8 Å². The van der Waals surface area contributed by atoms with Gasteiger partial charge < -0.3 is 10.6 Å². The molecule has 2 rings (SSSR count). The standard InChI is InChI=1S/C18H29N3O3S/c19-11-7-12-20(16-17-8-2-1-3-9-17)18(22)10-6-15-25(23,24)21-13-4-5-14-21/h1-3,8-9H,4-7,10-16,19H2. The van der Waals surface area contributed by atoms with Crippen LogP contribution in [0.1, 0.15) is 37.7 Å². The summed E-state index contributed by atoms with van der Waals surface area (Å²) in [5.41, 5.74) is 6.64. The van der Waals surface area contributed by atoms with E-state index in [0.29, 0.717) is 39.1 Å². The minimum atomic E-state index is -3.21. The van der Waals surface area contributed by atoms with Gasteiger partial charge in [0.1, 0.15) is 0 Å². The Morgan fingerprint density at radius 1 is 1.12 bits per heavy atom. The van der Waals surface area contributed by atoms with Crippen molar-refractivity contribution in [1.29, 1.82) is 0 Å². The van der Waals surface area contributed by atoms with E-state index in [9.17, 15) is 13.2 Å². The van der Waals surface area contributed by atoms with Crippen LogP contribution in [0.3, 0.4) is 0 Å². The Hall–Kier alpha value is -1.44. The molecule has 1 aliphatic heterocycles. The lowest BCUT2D eigenvalue weighted by Gasteiger charge is -2.23. The monoisotopic (exact) mass is 367 g/mol. The van der Waals surface area contributed by atoms with Crippen molar-refractivity contribution in [2.24, 2.45) is 5.73 Å². The van der Waals surface area contributed by atoms with E-state index >= 15 is 0 Å². The Morgan fingerprint density at radius 2 is 1.80 bits per heavy atom. The molecule has 0 atom stereocenters. The molecule has 0 spiro atoms. The van der Waals surface area contributed by atoms with Crippen molar-refractivity contribution in [3.05, 3.63) is 35.9 Å². The number of rotatable bonds is 10. The first-order valence-corrected chi connectivity index (χ1v) is 10.6. The van der Waals surface area contributed by atoms with Gasteiger partial charge in [-0.3, -0.25) is 4.79 Å². The van der Waals surface area contributed by atoms with Gasteiger partial charge in [-0.05, 0) is 37.8 Å². The van der Waals surface area contributed by atoms with Gasteiger partial charge in [0.25, 0.3) is 0 Å². The molecule has 1 amide bonds. The van der Waals surface area contributed by atoms with Crippen LogP contribution in [-0.4, -0.2) is 55.5 Å². The Morgan fingerprint density at radius 3 is 2.44 bits per heavy atom. The van der Waals surface area contributed by atoms with Gasteiger partial charge in [0, 0.05) is 32.6 Å². The van der Waals surface area contributed by atoms with Gasteiger partial charge in [0.15, 0.2) is 0 Å². The van der Waals surface area contributed by atoms with Crippen molar-refractivity contribution in [3.63, 3.8) is 0 Å². The molecular weight excluding hydrogens is 338 g/mol. The summed E-state index contributed by atoms with van der Waals surface area (Å²) >= 11 is 0. The third-order valence-electron chi connectivity index (χ3n) is 4.45. The third-order valence-corrected chi connectivity index (χ3v) is 6.41. The van der Waals surface area contributed by atoms with Crippen molar-refractivity contribution < 1.29 is 13.2 Å². The minimum Gasteiger partial charge on any atom is -0.338 e. The lowest BCUT2D eigenvalue weighted by molar-refractivity contribution is -0.131.